The summed E-state index contributed by atoms with van der Waals surface area (Å²) in [5.41, 5.74) is 7.97. The Labute approximate surface area is 119 Å². The first-order valence-electron chi connectivity index (χ1n) is 6.82. The van der Waals surface area contributed by atoms with Crippen LogP contribution in [0.2, 0.25) is 0 Å². The second-order valence-corrected chi connectivity index (χ2v) is 5.29. The number of benzene rings is 2. The molecular formula is C17H18N2O. The van der Waals surface area contributed by atoms with Gasteiger partial charge in [0.05, 0.1) is 0 Å². The number of amidine groups is 1. The molecule has 1 aliphatic rings. The molecule has 0 saturated carbocycles. The lowest BCUT2D eigenvalue weighted by Crippen LogP contribution is -2.34. The normalized spacial score (nSPS) is 16.5. The molecule has 0 atom stereocenters. The highest BCUT2D eigenvalue weighted by molar-refractivity contribution is 5.74. The smallest absolute Gasteiger partial charge is 0.282 e. The number of rotatable bonds is 4. The van der Waals surface area contributed by atoms with Crippen LogP contribution in [0, 0.1) is 0 Å². The van der Waals surface area contributed by atoms with Crippen LogP contribution in [0.3, 0.4) is 0 Å². The van der Waals surface area contributed by atoms with Gasteiger partial charge >= 0.3 is 0 Å². The highest BCUT2D eigenvalue weighted by Crippen LogP contribution is 2.27. The van der Waals surface area contributed by atoms with Gasteiger partial charge in [-0.2, -0.15) is 0 Å². The fraction of sp³-hybridized carbons (Fsp3) is 0.235. The van der Waals surface area contributed by atoms with Crippen molar-refractivity contribution in [1.29, 1.82) is 0 Å². The third kappa shape index (κ3) is 2.82. The number of nitrogens with zero attached hydrogens (tertiary/aromatic N) is 1. The Kier molecular flexibility index (Phi) is 3.42. The fourth-order valence-electron chi connectivity index (χ4n) is 2.70. The summed E-state index contributed by atoms with van der Waals surface area (Å²) in [5, 5.41) is 0. The molecule has 2 aromatic carbocycles. The molecule has 0 fully saturated rings. The molecule has 3 nitrogen and oxygen atoms in total. The minimum atomic E-state index is -0.285. The van der Waals surface area contributed by atoms with E-state index in [9.17, 15) is 0 Å². The first kappa shape index (κ1) is 12.7. The largest absolute Gasteiger partial charge is 0.463 e. The molecule has 20 heavy (non-hydrogen) atoms. The van der Waals surface area contributed by atoms with Crippen LogP contribution in [-0.4, -0.2) is 18.2 Å². The molecule has 3 rings (SSSR count). The maximum Gasteiger partial charge on any atom is 0.282 e. The zero-order chi connectivity index (χ0) is 13.8. The van der Waals surface area contributed by atoms with Crippen LogP contribution in [0.15, 0.2) is 65.7 Å². The number of hydrogen-bond donors (Lipinski definition) is 1. The van der Waals surface area contributed by atoms with E-state index in [4.69, 9.17) is 10.5 Å². The average molecular weight is 266 g/mol. The van der Waals surface area contributed by atoms with Crippen LogP contribution in [0.1, 0.15) is 11.1 Å². The van der Waals surface area contributed by atoms with Gasteiger partial charge in [0.15, 0.2) is 0 Å². The van der Waals surface area contributed by atoms with Crippen molar-refractivity contribution in [1.82, 2.24) is 0 Å². The van der Waals surface area contributed by atoms with Gasteiger partial charge in [0.25, 0.3) is 6.02 Å². The minimum absolute atomic E-state index is 0.285. The fourth-order valence-corrected chi connectivity index (χ4v) is 2.70. The van der Waals surface area contributed by atoms with Crippen LogP contribution < -0.4 is 5.73 Å². The minimum Gasteiger partial charge on any atom is -0.463 e. The van der Waals surface area contributed by atoms with Crippen LogP contribution in [-0.2, 0) is 17.6 Å². The molecule has 0 unspecified atom stereocenters. The Bertz CT molecular complexity index is 551. The van der Waals surface area contributed by atoms with Gasteiger partial charge in [-0.25, -0.2) is 4.99 Å². The zero-order valence-electron chi connectivity index (χ0n) is 11.3. The Hall–Kier alpha value is -2.29. The molecule has 2 N–H and O–H groups in total. The quantitative estimate of drug-likeness (QED) is 0.924. The van der Waals surface area contributed by atoms with Crippen molar-refractivity contribution in [2.75, 3.05) is 6.61 Å². The van der Waals surface area contributed by atoms with Crippen LogP contribution in [0.4, 0.5) is 0 Å². The van der Waals surface area contributed by atoms with Gasteiger partial charge in [-0.3, -0.25) is 0 Å². The Morgan fingerprint density at radius 2 is 1.40 bits per heavy atom. The van der Waals surface area contributed by atoms with E-state index in [1.807, 2.05) is 12.1 Å². The molecule has 1 aliphatic heterocycles. The molecule has 2 aromatic rings. The molecule has 0 bridgehead atoms. The van der Waals surface area contributed by atoms with Gasteiger partial charge < -0.3 is 10.5 Å². The highest BCUT2D eigenvalue weighted by atomic mass is 16.5. The molecule has 0 aliphatic carbocycles. The van der Waals surface area contributed by atoms with Crippen molar-refractivity contribution in [2.24, 2.45) is 10.7 Å². The van der Waals surface area contributed by atoms with E-state index in [2.05, 4.69) is 53.5 Å². The number of hydrogen-bond acceptors (Lipinski definition) is 3. The van der Waals surface area contributed by atoms with Crippen LogP contribution >= 0.6 is 0 Å². The molecule has 102 valence electrons. The maximum atomic E-state index is 5.75. The Balaban J connectivity index is 1.86. The second kappa shape index (κ2) is 5.37. The van der Waals surface area contributed by atoms with E-state index < -0.39 is 0 Å². The summed E-state index contributed by atoms with van der Waals surface area (Å²) in [6.45, 7) is 0.544. The van der Waals surface area contributed by atoms with E-state index in [1.54, 1.807) is 0 Å². The van der Waals surface area contributed by atoms with E-state index in [0.717, 1.165) is 12.8 Å². The Morgan fingerprint density at radius 1 is 0.900 bits per heavy atom. The third-order valence-electron chi connectivity index (χ3n) is 3.59. The van der Waals surface area contributed by atoms with Gasteiger partial charge in [0, 0.05) is 12.8 Å². The van der Waals surface area contributed by atoms with Crippen molar-refractivity contribution in [2.45, 2.75) is 18.4 Å². The van der Waals surface area contributed by atoms with E-state index in [-0.39, 0.29) is 5.54 Å². The SMILES string of the molecule is NC1=NC(Cc2ccccc2)(Cc2ccccc2)CO1. The summed E-state index contributed by atoms with van der Waals surface area (Å²) >= 11 is 0. The molecule has 0 radical (unpaired) electrons. The topological polar surface area (TPSA) is 47.6 Å². The second-order valence-electron chi connectivity index (χ2n) is 5.29. The van der Waals surface area contributed by atoms with Crippen molar-refractivity contribution in [3.8, 4) is 0 Å². The lowest BCUT2D eigenvalue weighted by atomic mass is 9.86. The first-order chi connectivity index (χ1) is 9.76. The summed E-state index contributed by atoms with van der Waals surface area (Å²) in [7, 11) is 0. The number of nitrogens with two attached hydrogens (primary N) is 1. The standard InChI is InChI=1S/C17H18N2O/c18-16-19-17(13-20-16,11-14-7-3-1-4-8-14)12-15-9-5-2-6-10-15/h1-10H,11-13H2,(H2,18,19). The third-order valence-corrected chi connectivity index (χ3v) is 3.59. The van der Waals surface area contributed by atoms with Crippen molar-refractivity contribution in [3.05, 3.63) is 71.8 Å². The van der Waals surface area contributed by atoms with Crippen molar-refractivity contribution < 1.29 is 4.74 Å². The molecule has 0 amide bonds. The van der Waals surface area contributed by atoms with E-state index >= 15 is 0 Å². The molecular weight excluding hydrogens is 248 g/mol. The van der Waals surface area contributed by atoms with Gasteiger partial charge in [0.2, 0.25) is 0 Å². The van der Waals surface area contributed by atoms with Gasteiger partial charge in [0.1, 0.15) is 12.1 Å². The van der Waals surface area contributed by atoms with Gasteiger partial charge in [-0.1, -0.05) is 60.7 Å². The summed E-state index contributed by atoms with van der Waals surface area (Å²) in [6, 6.07) is 21.0. The van der Waals surface area contributed by atoms with Crippen LogP contribution in [0.25, 0.3) is 0 Å². The van der Waals surface area contributed by atoms with E-state index in [0.29, 0.717) is 12.6 Å². The lowest BCUT2D eigenvalue weighted by Gasteiger charge is -2.24. The van der Waals surface area contributed by atoms with Crippen LogP contribution in [0.5, 0.6) is 0 Å². The van der Waals surface area contributed by atoms with Crippen molar-refractivity contribution >= 4 is 6.02 Å². The van der Waals surface area contributed by atoms with E-state index in [1.165, 1.54) is 11.1 Å². The molecule has 3 heteroatoms. The first-order valence-corrected chi connectivity index (χ1v) is 6.82. The average Bonchev–Trinajstić information content (AvgIpc) is 2.82. The predicted octanol–water partition coefficient (Wildman–Crippen LogP) is 2.56. The highest BCUT2D eigenvalue weighted by Gasteiger charge is 2.36. The lowest BCUT2D eigenvalue weighted by molar-refractivity contribution is 0.249. The number of ether oxygens (including phenoxy) is 1. The summed E-state index contributed by atoms with van der Waals surface area (Å²) in [6.07, 6.45) is 1.67. The maximum absolute atomic E-state index is 5.75. The monoisotopic (exact) mass is 266 g/mol. The predicted molar refractivity (Wildman–Crippen MR) is 80.6 cm³/mol. The van der Waals surface area contributed by atoms with Crippen molar-refractivity contribution in [3.63, 3.8) is 0 Å². The molecule has 0 spiro atoms. The summed E-state index contributed by atoms with van der Waals surface area (Å²) in [4.78, 5) is 4.58. The number of aliphatic imine (C=N–C) groups is 1. The molecule has 0 saturated heterocycles. The Morgan fingerprint density at radius 3 is 1.80 bits per heavy atom. The summed E-state index contributed by atoms with van der Waals surface area (Å²) in [5.74, 6) is 0. The van der Waals surface area contributed by atoms with Gasteiger partial charge in [-0.15, -0.1) is 0 Å². The summed E-state index contributed by atoms with van der Waals surface area (Å²) < 4.78 is 5.44. The molecule has 0 aromatic heterocycles. The molecule has 1 heterocycles. The van der Waals surface area contributed by atoms with Gasteiger partial charge in [-0.05, 0) is 11.1 Å². The zero-order valence-corrected chi connectivity index (χ0v) is 11.3.